The van der Waals surface area contributed by atoms with Gasteiger partial charge in [0, 0.05) is 25.2 Å². The molecule has 0 bridgehead atoms. The van der Waals surface area contributed by atoms with Gasteiger partial charge in [-0.1, -0.05) is 15.9 Å². The zero-order chi connectivity index (χ0) is 10.9. The Kier molecular flexibility index (Phi) is 7.61. The number of methoxy groups -OCH3 is 1. The molecule has 15 heavy (non-hydrogen) atoms. The van der Waals surface area contributed by atoms with Crippen molar-refractivity contribution in [3.63, 3.8) is 0 Å². The lowest BCUT2D eigenvalue weighted by Gasteiger charge is -2.15. The van der Waals surface area contributed by atoms with E-state index in [2.05, 4.69) is 15.9 Å². The van der Waals surface area contributed by atoms with Crippen LogP contribution in [0.15, 0.2) is 0 Å². The summed E-state index contributed by atoms with van der Waals surface area (Å²) in [5, 5.41) is 0. The van der Waals surface area contributed by atoms with Gasteiger partial charge >= 0.3 is 0 Å². The maximum atomic E-state index is 5.72. The highest BCUT2D eigenvalue weighted by Gasteiger charge is 2.24. The molecular weight excluding hydrogens is 260 g/mol. The van der Waals surface area contributed by atoms with Crippen molar-refractivity contribution in [3.05, 3.63) is 0 Å². The molecule has 1 aliphatic carbocycles. The molecule has 3 nitrogen and oxygen atoms in total. The van der Waals surface area contributed by atoms with Crippen LogP contribution in [0.4, 0.5) is 0 Å². The highest BCUT2D eigenvalue weighted by atomic mass is 79.9. The molecule has 1 saturated carbocycles. The van der Waals surface area contributed by atoms with E-state index in [9.17, 15) is 0 Å². The molecule has 0 N–H and O–H groups in total. The van der Waals surface area contributed by atoms with E-state index in [4.69, 9.17) is 14.2 Å². The largest absolute Gasteiger partial charge is 0.385 e. The van der Waals surface area contributed by atoms with E-state index in [1.807, 2.05) is 0 Å². The van der Waals surface area contributed by atoms with Gasteiger partial charge in [-0.15, -0.1) is 0 Å². The average Bonchev–Trinajstić information content (AvgIpc) is 2.63. The number of alkyl halides is 1. The Morgan fingerprint density at radius 2 is 2.00 bits per heavy atom. The van der Waals surface area contributed by atoms with E-state index in [1.165, 1.54) is 19.3 Å². The third-order valence-electron chi connectivity index (χ3n) is 2.57. The van der Waals surface area contributed by atoms with Crippen LogP contribution in [0.2, 0.25) is 0 Å². The molecule has 0 aromatic rings. The van der Waals surface area contributed by atoms with Crippen LogP contribution in [0.3, 0.4) is 0 Å². The van der Waals surface area contributed by atoms with Crippen LogP contribution in [-0.2, 0) is 14.2 Å². The normalized spacial score (nSPS) is 26.0. The van der Waals surface area contributed by atoms with E-state index in [0.29, 0.717) is 24.1 Å². The standard InChI is InChI=1S/C11H21BrO3/c1-13-6-3-7-14-8-9-15-11-5-2-4-10(11)12/h10-11H,2-9H2,1H3. The van der Waals surface area contributed by atoms with Crippen molar-refractivity contribution in [2.24, 2.45) is 0 Å². The smallest absolute Gasteiger partial charge is 0.0704 e. The van der Waals surface area contributed by atoms with Crippen molar-refractivity contribution in [2.75, 3.05) is 33.5 Å². The van der Waals surface area contributed by atoms with Crippen molar-refractivity contribution in [1.29, 1.82) is 0 Å². The highest BCUT2D eigenvalue weighted by Crippen LogP contribution is 2.27. The van der Waals surface area contributed by atoms with E-state index < -0.39 is 0 Å². The topological polar surface area (TPSA) is 27.7 Å². The number of rotatable bonds is 8. The molecule has 2 atom stereocenters. The Morgan fingerprint density at radius 3 is 2.67 bits per heavy atom. The lowest BCUT2D eigenvalue weighted by Crippen LogP contribution is -2.20. The molecule has 90 valence electrons. The Labute approximate surface area is 101 Å². The summed E-state index contributed by atoms with van der Waals surface area (Å²) in [4.78, 5) is 0.547. The molecule has 0 aliphatic heterocycles. The van der Waals surface area contributed by atoms with Crippen LogP contribution in [0.1, 0.15) is 25.7 Å². The van der Waals surface area contributed by atoms with Gasteiger partial charge in [0.2, 0.25) is 0 Å². The van der Waals surface area contributed by atoms with E-state index in [0.717, 1.165) is 19.6 Å². The van der Waals surface area contributed by atoms with Crippen LogP contribution in [0.5, 0.6) is 0 Å². The predicted molar refractivity (Wildman–Crippen MR) is 63.6 cm³/mol. The van der Waals surface area contributed by atoms with Gasteiger partial charge in [0.05, 0.1) is 19.3 Å². The maximum Gasteiger partial charge on any atom is 0.0704 e. The first-order valence-electron chi connectivity index (χ1n) is 5.67. The van der Waals surface area contributed by atoms with Crippen molar-refractivity contribution in [1.82, 2.24) is 0 Å². The Bertz CT molecular complexity index is 155. The Morgan fingerprint density at radius 1 is 1.13 bits per heavy atom. The SMILES string of the molecule is COCCCOCCOC1CCCC1Br. The molecule has 0 amide bonds. The first-order valence-corrected chi connectivity index (χ1v) is 6.58. The molecule has 2 unspecified atom stereocenters. The van der Waals surface area contributed by atoms with Crippen LogP contribution >= 0.6 is 15.9 Å². The summed E-state index contributed by atoms with van der Waals surface area (Å²) in [6.07, 6.45) is 5.04. The average molecular weight is 281 g/mol. The fourth-order valence-electron chi connectivity index (χ4n) is 1.73. The van der Waals surface area contributed by atoms with Crippen molar-refractivity contribution in [3.8, 4) is 0 Å². The molecule has 0 radical (unpaired) electrons. The number of hydrogen-bond acceptors (Lipinski definition) is 3. The Balaban J connectivity index is 1.84. The maximum absolute atomic E-state index is 5.72. The number of hydrogen-bond donors (Lipinski definition) is 0. The van der Waals surface area contributed by atoms with E-state index in [1.54, 1.807) is 7.11 Å². The van der Waals surface area contributed by atoms with Gasteiger partial charge in [0.25, 0.3) is 0 Å². The molecule has 0 aromatic carbocycles. The summed E-state index contributed by atoms with van der Waals surface area (Å²) < 4.78 is 16.1. The van der Waals surface area contributed by atoms with Gasteiger partial charge in [0.1, 0.15) is 0 Å². The van der Waals surface area contributed by atoms with Crippen molar-refractivity contribution < 1.29 is 14.2 Å². The minimum Gasteiger partial charge on any atom is -0.385 e. The molecule has 1 fully saturated rings. The van der Waals surface area contributed by atoms with Crippen LogP contribution in [0.25, 0.3) is 0 Å². The fourth-order valence-corrected chi connectivity index (χ4v) is 2.48. The summed E-state index contributed by atoms with van der Waals surface area (Å²) >= 11 is 3.63. The molecule has 0 spiro atoms. The molecule has 1 rings (SSSR count). The summed E-state index contributed by atoms with van der Waals surface area (Å²) in [6, 6.07) is 0. The van der Waals surface area contributed by atoms with Gasteiger partial charge in [0.15, 0.2) is 0 Å². The minimum atomic E-state index is 0.396. The van der Waals surface area contributed by atoms with E-state index >= 15 is 0 Å². The number of halogens is 1. The molecule has 1 aliphatic rings. The second kappa shape index (κ2) is 8.50. The minimum absolute atomic E-state index is 0.396. The molecule has 4 heteroatoms. The Hall–Kier alpha value is 0.360. The van der Waals surface area contributed by atoms with E-state index in [-0.39, 0.29) is 0 Å². The zero-order valence-electron chi connectivity index (χ0n) is 9.41. The second-order valence-corrected chi connectivity index (χ2v) is 4.99. The first-order chi connectivity index (χ1) is 7.34. The van der Waals surface area contributed by atoms with Gasteiger partial charge in [-0.25, -0.2) is 0 Å². The highest BCUT2D eigenvalue weighted by molar-refractivity contribution is 9.09. The summed E-state index contributed by atoms with van der Waals surface area (Å²) in [7, 11) is 1.71. The molecule has 0 aromatic heterocycles. The lowest BCUT2D eigenvalue weighted by molar-refractivity contribution is 0.00678. The summed E-state index contributed by atoms with van der Waals surface area (Å²) in [5.74, 6) is 0. The monoisotopic (exact) mass is 280 g/mol. The fraction of sp³-hybridized carbons (Fsp3) is 1.00. The van der Waals surface area contributed by atoms with Gasteiger partial charge in [-0.05, 0) is 25.7 Å². The predicted octanol–water partition coefficient (Wildman–Crippen LogP) is 2.37. The third-order valence-corrected chi connectivity index (χ3v) is 3.62. The zero-order valence-corrected chi connectivity index (χ0v) is 11.0. The van der Waals surface area contributed by atoms with Crippen molar-refractivity contribution in [2.45, 2.75) is 36.6 Å². The molecular formula is C11H21BrO3. The molecule has 0 heterocycles. The summed E-state index contributed by atoms with van der Waals surface area (Å²) in [6.45, 7) is 2.94. The van der Waals surface area contributed by atoms with Gasteiger partial charge < -0.3 is 14.2 Å². The third kappa shape index (κ3) is 5.85. The van der Waals surface area contributed by atoms with Crippen LogP contribution < -0.4 is 0 Å². The van der Waals surface area contributed by atoms with Crippen LogP contribution in [0, 0.1) is 0 Å². The van der Waals surface area contributed by atoms with Crippen LogP contribution in [-0.4, -0.2) is 44.5 Å². The first kappa shape index (κ1) is 13.4. The van der Waals surface area contributed by atoms with Crippen molar-refractivity contribution >= 4 is 15.9 Å². The van der Waals surface area contributed by atoms with Gasteiger partial charge in [-0.3, -0.25) is 0 Å². The van der Waals surface area contributed by atoms with Gasteiger partial charge in [-0.2, -0.15) is 0 Å². The quantitative estimate of drug-likeness (QED) is 0.505. The summed E-state index contributed by atoms with van der Waals surface area (Å²) in [5.41, 5.74) is 0. The molecule has 0 saturated heterocycles. The lowest BCUT2D eigenvalue weighted by atomic mass is 10.3. The second-order valence-electron chi connectivity index (χ2n) is 3.81. The number of ether oxygens (including phenoxy) is 3.